The Bertz CT molecular complexity index is 383. The van der Waals surface area contributed by atoms with Gasteiger partial charge in [-0.15, -0.1) is 0 Å². The fourth-order valence-electron chi connectivity index (χ4n) is 2.57. The van der Waals surface area contributed by atoms with Crippen LogP contribution in [0.4, 0.5) is 0 Å². The van der Waals surface area contributed by atoms with Crippen molar-refractivity contribution in [1.82, 2.24) is 0 Å². The van der Waals surface area contributed by atoms with Crippen LogP contribution < -0.4 is 0 Å². The monoisotopic (exact) mass is 358 g/mol. The molecule has 0 aromatic heterocycles. The van der Waals surface area contributed by atoms with Gasteiger partial charge < -0.3 is 50.0 Å². The molecule has 2 saturated heterocycles. The fraction of sp³-hybridized carbons (Fsp3) is 1.00. The van der Waals surface area contributed by atoms with E-state index in [1.165, 1.54) is 0 Å². The van der Waals surface area contributed by atoms with E-state index in [1.54, 1.807) is 0 Å². The number of aliphatic hydroxyl groups excluding tert-OH is 7. The highest BCUT2D eigenvalue weighted by Crippen LogP contribution is 2.28. The van der Waals surface area contributed by atoms with Crippen molar-refractivity contribution in [2.75, 3.05) is 12.4 Å². The van der Waals surface area contributed by atoms with Crippen molar-refractivity contribution in [2.45, 2.75) is 61.4 Å². The van der Waals surface area contributed by atoms with Gasteiger partial charge in [0, 0.05) is 5.75 Å². The summed E-state index contributed by atoms with van der Waals surface area (Å²) >= 11 is 3.96. The molecular weight excluding hydrogens is 336 g/mol. The fourth-order valence-corrected chi connectivity index (χ4v) is 2.87. The standard InChI is InChI=1S/C12H22O10S/c13-1-3-10(7(16)8(17)11(19)20-3)22-12-9(18)6(15)5(14)4(2-23)21-12/h3-19,23H,1-2H2/t3?,4?,5-,6?,7-,8?,9?,10-,11?,12+/m1/s1. The summed E-state index contributed by atoms with van der Waals surface area (Å²) < 4.78 is 15.5. The summed E-state index contributed by atoms with van der Waals surface area (Å²) in [7, 11) is 0. The molecule has 0 aromatic rings. The minimum absolute atomic E-state index is 0.0271. The predicted molar refractivity (Wildman–Crippen MR) is 75.4 cm³/mol. The zero-order chi connectivity index (χ0) is 17.3. The normalized spacial score (nSPS) is 51.7. The third kappa shape index (κ3) is 3.80. The van der Waals surface area contributed by atoms with E-state index in [9.17, 15) is 35.7 Å². The first-order valence-corrected chi connectivity index (χ1v) is 7.71. The Morgan fingerprint density at radius 2 is 1.43 bits per heavy atom. The maximum Gasteiger partial charge on any atom is 0.187 e. The van der Waals surface area contributed by atoms with Crippen molar-refractivity contribution < 1.29 is 50.0 Å². The zero-order valence-electron chi connectivity index (χ0n) is 12.0. The van der Waals surface area contributed by atoms with Crippen LogP contribution in [0.5, 0.6) is 0 Å². The second-order valence-corrected chi connectivity index (χ2v) is 5.89. The minimum atomic E-state index is -1.71. The molecule has 0 saturated carbocycles. The predicted octanol–water partition coefficient (Wildman–Crippen LogP) is -4.46. The van der Waals surface area contributed by atoms with Crippen molar-refractivity contribution in [2.24, 2.45) is 0 Å². The highest BCUT2D eigenvalue weighted by molar-refractivity contribution is 7.80. The topological polar surface area (TPSA) is 169 Å². The van der Waals surface area contributed by atoms with Crippen LogP contribution in [0.1, 0.15) is 0 Å². The van der Waals surface area contributed by atoms with Gasteiger partial charge in [-0.3, -0.25) is 0 Å². The molecule has 11 heteroatoms. The molecular formula is C12H22O10S. The Labute approximate surface area is 137 Å². The average molecular weight is 358 g/mol. The van der Waals surface area contributed by atoms with Crippen molar-refractivity contribution in [1.29, 1.82) is 0 Å². The molecule has 23 heavy (non-hydrogen) atoms. The summed E-state index contributed by atoms with van der Waals surface area (Å²) in [6, 6.07) is 0. The van der Waals surface area contributed by atoms with Gasteiger partial charge in [-0.25, -0.2) is 0 Å². The van der Waals surface area contributed by atoms with Crippen LogP contribution in [0, 0.1) is 0 Å². The average Bonchev–Trinajstić information content (AvgIpc) is 2.55. The first kappa shape index (κ1) is 19.3. The van der Waals surface area contributed by atoms with E-state index >= 15 is 0 Å². The van der Waals surface area contributed by atoms with E-state index in [4.69, 9.17) is 14.2 Å². The Morgan fingerprint density at radius 1 is 0.783 bits per heavy atom. The van der Waals surface area contributed by atoms with Crippen LogP contribution >= 0.6 is 12.6 Å². The smallest absolute Gasteiger partial charge is 0.187 e. The first-order valence-electron chi connectivity index (χ1n) is 7.08. The Morgan fingerprint density at radius 3 is 2.00 bits per heavy atom. The minimum Gasteiger partial charge on any atom is -0.394 e. The van der Waals surface area contributed by atoms with Crippen molar-refractivity contribution >= 4 is 12.6 Å². The molecule has 0 radical (unpaired) electrons. The molecule has 2 heterocycles. The first-order chi connectivity index (χ1) is 10.8. The lowest BCUT2D eigenvalue weighted by Gasteiger charge is -2.45. The molecule has 0 amide bonds. The van der Waals surface area contributed by atoms with Gasteiger partial charge in [0.25, 0.3) is 0 Å². The number of aliphatic hydroxyl groups is 7. The lowest BCUT2D eigenvalue weighted by molar-refractivity contribution is -0.351. The second kappa shape index (κ2) is 7.89. The van der Waals surface area contributed by atoms with Gasteiger partial charge in [0.1, 0.15) is 42.7 Å². The second-order valence-electron chi connectivity index (χ2n) is 5.53. The maximum absolute atomic E-state index is 9.98. The quantitative estimate of drug-likeness (QED) is 0.229. The molecule has 0 aromatic carbocycles. The molecule has 7 N–H and O–H groups in total. The molecule has 2 fully saturated rings. The van der Waals surface area contributed by atoms with Crippen molar-refractivity contribution in [3.63, 3.8) is 0 Å². The van der Waals surface area contributed by atoms with Gasteiger partial charge in [-0.2, -0.15) is 12.6 Å². The maximum atomic E-state index is 9.98. The Hall–Kier alpha value is -0.0500. The van der Waals surface area contributed by atoms with E-state index in [-0.39, 0.29) is 5.75 Å². The third-order valence-corrected chi connectivity index (χ3v) is 4.34. The van der Waals surface area contributed by atoms with E-state index < -0.39 is 68.0 Å². The van der Waals surface area contributed by atoms with Crippen LogP contribution in [-0.4, -0.2) is 110 Å². The van der Waals surface area contributed by atoms with Gasteiger partial charge in [-0.05, 0) is 0 Å². The SMILES string of the molecule is OCC1OC(O)C(O)[C@@H](O)[C@@H]1O[C@@H]1OC(CS)[C@@H](O)C(O)C1O. The number of thiol groups is 1. The molecule has 10 atom stereocenters. The van der Waals surface area contributed by atoms with Crippen LogP contribution in [0.2, 0.25) is 0 Å². The number of hydrogen-bond acceptors (Lipinski definition) is 11. The Kier molecular flexibility index (Phi) is 6.61. The molecule has 2 aliphatic heterocycles. The molecule has 2 aliphatic rings. The van der Waals surface area contributed by atoms with Crippen LogP contribution in [-0.2, 0) is 14.2 Å². The summed E-state index contributed by atoms with van der Waals surface area (Å²) in [6.07, 6.45) is -14.6. The molecule has 2 rings (SSSR count). The number of hydrogen-bond donors (Lipinski definition) is 8. The van der Waals surface area contributed by atoms with E-state index in [1.807, 2.05) is 0 Å². The third-order valence-electron chi connectivity index (χ3n) is 3.98. The molecule has 136 valence electrons. The van der Waals surface area contributed by atoms with Gasteiger partial charge in [-0.1, -0.05) is 0 Å². The molecule has 0 bridgehead atoms. The summed E-state index contributed by atoms with van der Waals surface area (Å²) in [5, 5.41) is 67.7. The van der Waals surface area contributed by atoms with E-state index in [0.29, 0.717) is 0 Å². The highest BCUT2D eigenvalue weighted by Gasteiger charge is 2.49. The summed E-state index contributed by atoms with van der Waals surface area (Å²) in [5.74, 6) is 0.0271. The van der Waals surface area contributed by atoms with Crippen LogP contribution in [0.15, 0.2) is 0 Å². The van der Waals surface area contributed by atoms with E-state index in [0.717, 1.165) is 0 Å². The lowest BCUT2D eigenvalue weighted by Crippen LogP contribution is -2.64. The molecule has 0 spiro atoms. The van der Waals surface area contributed by atoms with Crippen molar-refractivity contribution in [3.8, 4) is 0 Å². The van der Waals surface area contributed by atoms with E-state index in [2.05, 4.69) is 12.6 Å². The number of rotatable bonds is 4. The highest BCUT2D eigenvalue weighted by atomic mass is 32.1. The zero-order valence-corrected chi connectivity index (χ0v) is 12.9. The van der Waals surface area contributed by atoms with Crippen molar-refractivity contribution in [3.05, 3.63) is 0 Å². The van der Waals surface area contributed by atoms with Gasteiger partial charge in [0.2, 0.25) is 0 Å². The van der Waals surface area contributed by atoms with Gasteiger partial charge >= 0.3 is 0 Å². The van der Waals surface area contributed by atoms with Crippen LogP contribution in [0.25, 0.3) is 0 Å². The van der Waals surface area contributed by atoms with Gasteiger partial charge in [0.05, 0.1) is 12.7 Å². The lowest BCUT2D eigenvalue weighted by atomic mass is 9.97. The summed E-state index contributed by atoms with van der Waals surface area (Å²) in [6.45, 7) is -0.643. The van der Waals surface area contributed by atoms with Crippen LogP contribution in [0.3, 0.4) is 0 Å². The Balaban J connectivity index is 2.11. The molecule has 6 unspecified atom stereocenters. The summed E-state index contributed by atoms with van der Waals surface area (Å²) in [5.41, 5.74) is 0. The summed E-state index contributed by atoms with van der Waals surface area (Å²) in [4.78, 5) is 0. The van der Waals surface area contributed by atoms with Gasteiger partial charge in [0.15, 0.2) is 12.6 Å². The largest absolute Gasteiger partial charge is 0.394 e. The molecule has 10 nitrogen and oxygen atoms in total. The number of ether oxygens (including phenoxy) is 3. The molecule has 0 aliphatic carbocycles.